The Morgan fingerprint density at radius 3 is 2.23 bits per heavy atom. The van der Waals surface area contributed by atoms with E-state index in [1.807, 2.05) is 12.1 Å². The molecule has 2 aliphatic rings. The number of nitrogens with zero attached hydrogens (tertiary/aromatic N) is 1. The Morgan fingerprint density at radius 1 is 0.914 bits per heavy atom. The normalized spacial score (nSPS) is 16.6. The summed E-state index contributed by atoms with van der Waals surface area (Å²) in [6.45, 7) is 1.09. The molecule has 7 heteroatoms. The predicted molar refractivity (Wildman–Crippen MR) is 136 cm³/mol. The van der Waals surface area contributed by atoms with Crippen LogP contribution in [0.2, 0.25) is 5.02 Å². The number of benzene rings is 2. The van der Waals surface area contributed by atoms with Gasteiger partial charge in [0.2, 0.25) is 5.91 Å². The smallest absolute Gasteiger partial charge is 0.261 e. The molecule has 0 radical (unpaired) electrons. The maximum Gasteiger partial charge on any atom is 0.261 e. The van der Waals surface area contributed by atoms with Gasteiger partial charge >= 0.3 is 0 Å². The number of imide groups is 1. The van der Waals surface area contributed by atoms with E-state index < -0.39 is 0 Å². The van der Waals surface area contributed by atoms with E-state index in [2.05, 4.69) is 5.32 Å². The van der Waals surface area contributed by atoms with Crippen LogP contribution >= 0.6 is 11.6 Å². The molecule has 35 heavy (non-hydrogen) atoms. The van der Waals surface area contributed by atoms with E-state index in [9.17, 15) is 14.4 Å². The van der Waals surface area contributed by atoms with Crippen molar-refractivity contribution in [2.24, 2.45) is 0 Å². The molecule has 186 valence electrons. The molecule has 0 aliphatic carbocycles. The first-order chi connectivity index (χ1) is 17.0. The highest BCUT2D eigenvalue weighted by Gasteiger charge is 2.34. The topological polar surface area (TPSA) is 75.7 Å². The van der Waals surface area contributed by atoms with Gasteiger partial charge in [-0.3, -0.25) is 19.3 Å². The van der Waals surface area contributed by atoms with Crippen molar-refractivity contribution in [3.05, 3.63) is 64.2 Å². The lowest BCUT2D eigenvalue weighted by Gasteiger charge is -2.27. The summed E-state index contributed by atoms with van der Waals surface area (Å²) < 4.78 is 5.66. The summed E-state index contributed by atoms with van der Waals surface area (Å²) in [6.07, 6.45) is 9.54. The number of unbranched alkanes of at least 4 members (excludes halogenated alkanes) is 7. The number of amides is 3. The second-order valence-electron chi connectivity index (χ2n) is 9.33. The fraction of sp³-hybridized carbons (Fsp3) is 0.464. The van der Waals surface area contributed by atoms with E-state index in [-0.39, 0.29) is 23.8 Å². The predicted octanol–water partition coefficient (Wildman–Crippen LogP) is 6.09. The second kappa shape index (κ2) is 12.2. The van der Waals surface area contributed by atoms with Gasteiger partial charge in [-0.1, -0.05) is 62.3 Å². The average molecular weight is 497 g/mol. The zero-order valence-corrected chi connectivity index (χ0v) is 20.8. The standard InChI is InChI=1S/C28H33ClN2O4/c29-20-14-15-25-23(19-20)24(16-18-35-25)30-26(32)13-7-5-3-1-2-4-6-10-17-31-27(33)21-11-8-9-12-22(21)28(31)34/h8-9,11-12,14-15,19,24H,1-7,10,13,16-18H2,(H,30,32). The third kappa shape index (κ3) is 6.43. The van der Waals surface area contributed by atoms with Crippen molar-refractivity contribution in [3.63, 3.8) is 0 Å². The molecule has 4 rings (SSSR count). The van der Waals surface area contributed by atoms with Gasteiger partial charge in [0.1, 0.15) is 5.75 Å². The van der Waals surface area contributed by atoms with Gasteiger partial charge in [0.25, 0.3) is 11.8 Å². The van der Waals surface area contributed by atoms with Gasteiger partial charge in [-0.2, -0.15) is 0 Å². The number of halogens is 1. The minimum absolute atomic E-state index is 0.0368. The van der Waals surface area contributed by atoms with Crippen molar-refractivity contribution >= 4 is 29.3 Å². The molecule has 2 aromatic rings. The molecule has 0 aromatic heterocycles. The first-order valence-electron chi connectivity index (χ1n) is 12.7. The summed E-state index contributed by atoms with van der Waals surface area (Å²) in [5.41, 5.74) is 2.00. The van der Waals surface area contributed by atoms with Gasteiger partial charge in [0, 0.05) is 30.0 Å². The largest absolute Gasteiger partial charge is 0.493 e. The van der Waals surface area contributed by atoms with Gasteiger partial charge in [0.05, 0.1) is 23.8 Å². The van der Waals surface area contributed by atoms with Crippen LogP contribution in [-0.4, -0.2) is 35.8 Å². The van der Waals surface area contributed by atoms with Gasteiger partial charge in [-0.25, -0.2) is 0 Å². The van der Waals surface area contributed by atoms with Crippen molar-refractivity contribution in [2.45, 2.75) is 70.3 Å². The van der Waals surface area contributed by atoms with Crippen molar-refractivity contribution in [2.75, 3.05) is 13.2 Å². The van der Waals surface area contributed by atoms with Crippen LogP contribution in [-0.2, 0) is 4.79 Å². The Hall–Kier alpha value is -2.86. The molecule has 2 aliphatic heterocycles. The molecule has 1 N–H and O–H groups in total. The molecule has 1 atom stereocenters. The number of hydrogen-bond donors (Lipinski definition) is 1. The van der Waals surface area contributed by atoms with Crippen LogP contribution in [0.3, 0.4) is 0 Å². The van der Waals surface area contributed by atoms with Crippen LogP contribution in [0.1, 0.15) is 96.5 Å². The highest BCUT2D eigenvalue weighted by Crippen LogP contribution is 2.34. The van der Waals surface area contributed by atoms with E-state index >= 15 is 0 Å². The molecule has 0 spiro atoms. The lowest BCUT2D eigenvalue weighted by Crippen LogP contribution is -2.32. The Labute approximate surface area is 212 Å². The van der Waals surface area contributed by atoms with Gasteiger partial charge < -0.3 is 10.1 Å². The Balaban J connectivity index is 1.03. The van der Waals surface area contributed by atoms with Crippen LogP contribution in [0.15, 0.2) is 42.5 Å². The molecule has 6 nitrogen and oxygen atoms in total. The van der Waals surface area contributed by atoms with Crippen molar-refractivity contribution in [1.29, 1.82) is 0 Å². The van der Waals surface area contributed by atoms with Gasteiger partial charge in [-0.05, 0) is 43.2 Å². The number of rotatable bonds is 12. The maximum atomic E-state index is 12.4. The van der Waals surface area contributed by atoms with E-state index in [1.54, 1.807) is 30.3 Å². The Morgan fingerprint density at radius 2 is 1.54 bits per heavy atom. The Kier molecular flexibility index (Phi) is 8.80. The lowest BCUT2D eigenvalue weighted by atomic mass is 10.00. The van der Waals surface area contributed by atoms with Crippen LogP contribution in [0, 0.1) is 0 Å². The fourth-order valence-corrected chi connectivity index (χ4v) is 5.02. The van der Waals surface area contributed by atoms with E-state index in [0.717, 1.165) is 69.1 Å². The highest BCUT2D eigenvalue weighted by atomic mass is 35.5. The zero-order chi connectivity index (χ0) is 24.6. The molecule has 0 fully saturated rings. The monoisotopic (exact) mass is 496 g/mol. The zero-order valence-electron chi connectivity index (χ0n) is 20.1. The van der Waals surface area contributed by atoms with Crippen molar-refractivity contribution in [3.8, 4) is 5.75 Å². The number of carbonyl (C=O) groups excluding carboxylic acids is 3. The molecule has 0 saturated carbocycles. The first kappa shape index (κ1) is 25.2. The highest BCUT2D eigenvalue weighted by molar-refractivity contribution is 6.30. The van der Waals surface area contributed by atoms with Crippen LogP contribution in [0.5, 0.6) is 5.75 Å². The van der Waals surface area contributed by atoms with Crippen molar-refractivity contribution < 1.29 is 19.1 Å². The summed E-state index contributed by atoms with van der Waals surface area (Å²) in [6, 6.07) is 12.5. The molecule has 0 bridgehead atoms. The molecule has 2 aromatic carbocycles. The minimum Gasteiger partial charge on any atom is -0.493 e. The van der Waals surface area contributed by atoms with Crippen LogP contribution in [0.25, 0.3) is 0 Å². The molecule has 1 unspecified atom stereocenters. The fourth-order valence-electron chi connectivity index (χ4n) is 4.84. The molecular weight excluding hydrogens is 464 g/mol. The summed E-state index contributed by atoms with van der Waals surface area (Å²) in [5.74, 6) is 0.546. The third-order valence-corrected chi connectivity index (χ3v) is 7.00. The molecule has 3 amide bonds. The van der Waals surface area contributed by atoms with E-state index in [4.69, 9.17) is 16.3 Å². The van der Waals surface area contributed by atoms with Crippen LogP contribution in [0.4, 0.5) is 0 Å². The van der Waals surface area contributed by atoms with Gasteiger partial charge in [-0.15, -0.1) is 0 Å². The SMILES string of the molecule is O=C(CCCCCCCCCCN1C(=O)c2ccccc2C1=O)NC1CCOc2ccc(Cl)cc21. The molecule has 2 heterocycles. The summed E-state index contributed by atoms with van der Waals surface area (Å²) in [4.78, 5) is 38.5. The second-order valence-corrected chi connectivity index (χ2v) is 9.76. The number of fused-ring (bicyclic) bond motifs is 2. The maximum absolute atomic E-state index is 12.4. The molecule has 0 saturated heterocycles. The number of nitrogens with one attached hydrogen (secondary N) is 1. The summed E-state index contributed by atoms with van der Waals surface area (Å²) >= 11 is 6.11. The average Bonchev–Trinajstić information content (AvgIpc) is 3.10. The Bertz CT molecular complexity index is 1040. The molecular formula is C28H33ClN2O4. The van der Waals surface area contributed by atoms with E-state index in [1.165, 1.54) is 4.90 Å². The number of carbonyl (C=O) groups is 3. The summed E-state index contributed by atoms with van der Waals surface area (Å²) in [5, 5.41) is 3.78. The van der Waals surface area contributed by atoms with Gasteiger partial charge in [0.15, 0.2) is 0 Å². The number of ether oxygens (including phenoxy) is 1. The summed E-state index contributed by atoms with van der Waals surface area (Å²) in [7, 11) is 0. The minimum atomic E-state index is -0.167. The van der Waals surface area contributed by atoms with E-state index in [0.29, 0.717) is 35.7 Å². The van der Waals surface area contributed by atoms with Crippen LogP contribution < -0.4 is 10.1 Å². The first-order valence-corrected chi connectivity index (χ1v) is 13.1. The lowest BCUT2D eigenvalue weighted by molar-refractivity contribution is -0.122. The number of hydrogen-bond acceptors (Lipinski definition) is 4. The quantitative estimate of drug-likeness (QED) is 0.285. The van der Waals surface area contributed by atoms with Crippen molar-refractivity contribution in [1.82, 2.24) is 10.2 Å². The third-order valence-electron chi connectivity index (χ3n) is 6.76.